The van der Waals surface area contributed by atoms with Crippen LogP contribution in [-0.2, 0) is 4.79 Å². The molecule has 1 rings (SSSR count). The molecule has 0 saturated heterocycles. The van der Waals surface area contributed by atoms with Gasteiger partial charge in [-0.3, -0.25) is 4.79 Å². The van der Waals surface area contributed by atoms with E-state index in [1.165, 1.54) is 19.8 Å². The summed E-state index contributed by atoms with van der Waals surface area (Å²) in [4.78, 5) is 10.7. The first-order valence-electron chi connectivity index (χ1n) is 5.09. The first-order chi connectivity index (χ1) is 6.24. The average molecular weight is 185 g/mol. The van der Waals surface area contributed by atoms with Crippen LogP contribution in [0.3, 0.4) is 0 Å². The Hall–Kier alpha value is -0.570. The van der Waals surface area contributed by atoms with Crippen LogP contribution in [0.2, 0.25) is 0 Å². The second-order valence-corrected chi connectivity index (χ2v) is 3.92. The Bertz CT molecular complexity index is 170. The summed E-state index contributed by atoms with van der Waals surface area (Å²) in [5, 5.41) is 11.9. The van der Waals surface area contributed by atoms with Gasteiger partial charge in [0.25, 0.3) is 0 Å². The molecule has 1 fully saturated rings. The van der Waals surface area contributed by atoms with Crippen molar-refractivity contribution in [1.82, 2.24) is 5.32 Å². The van der Waals surface area contributed by atoms with E-state index >= 15 is 0 Å². The average Bonchev–Trinajstić information content (AvgIpc) is 2.15. The zero-order valence-corrected chi connectivity index (χ0v) is 8.25. The number of carbonyl (C=O) groups excluding carboxylic acids is 1. The van der Waals surface area contributed by atoms with Gasteiger partial charge in [0.05, 0.1) is 0 Å². The summed E-state index contributed by atoms with van der Waals surface area (Å²) in [5.41, 5.74) is 0. The molecule has 0 heterocycles. The number of nitrogens with one attached hydrogen (secondary N) is 1. The van der Waals surface area contributed by atoms with Gasteiger partial charge in [-0.15, -0.1) is 0 Å². The number of rotatable bonds is 3. The highest BCUT2D eigenvalue weighted by Crippen LogP contribution is 2.28. The summed E-state index contributed by atoms with van der Waals surface area (Å²) >= 11 is 0. The van der Waals surface area contributed by atoms with E-state index in [0.29, 0.717) is 11.8 Å². The van der Waals surface area contributed by atoms with Crippen LogP contribution in [0.15, 0.2) is 0 Å². The molecule has 1 aliphatic carbocycles. The Morgan fingerprint density at radius 3 is 2.54 bits per heavy atom. The number of hydrogen-bond donors (Lipinski definition) is 2. The van der Waals surface area contributed by atoms with Gasteiger partial charge in [0.1, 0.15) is 0 Å². The molecule has 0 bridgehead atoms. The zero-order valence-electron chi connectivity index (χ0n) is 8.25. The molecule has 3 nitrogen and oxygen atoms in total. The standard InChI is InChI=1S/C10H19NO2/c1-8(13)11-6-9-4-2-3-5-10(9)7-12/h9-10,12H,2-7H2,1H3,(H,11,13). The van der Waals surface area contributed by atoms with Gasteiger partial charge in [-0.2, -0.15) is 0 Å². The molecule has 2 N–H and O–H groups in total. The first-order valence-corrected chi connectivity index (χ1v) is 5.09. The molecule has 0 aromatic heterocycles. The predicted molar refractivity (Wildman–Crippen MR) is 51.2 cm³/mol. The minimum Gasteiger partial charge on any atom is -0.396 e. The Balaban J connectivity index is 2.31. The third-order valence-corrected chi connectivity index (χ3v) is 2.91. The predicted octanol–water partition coefficient (Wildman–Crippen LogP) is 0.921. The van der Waals surface area contributed by atoms with Gasteiger partial charge in [0, 0.05) is 20.1 Å². The van der Waals surface area contributed by atoms with Crippen LogP contribution in [0.25, 0.3) is 0 Å². The third-order valence-electron chi connectivity index (χ3n) is 2.91. The normalized spacial score (nSPS) is 28.5. The first kappa shape index (κ1) is 10.5. The number of hydrogen-bond acceptors (Lipinski definition) is 2. The summed E-state index contributed by atoms with van der Waals surface area (Å²) in [6, 6.07) is 0. The van der Waals surface area contributed by atoms with E-state index in [1.54, 1.807) is 0 Å². The summed E-state index contributed by atoms with van der Waals surface area (Å²) in [6.07, 6.45) is 4.72. The summed E-state index contributed by atoms with van der Waals surface area (Å²) in [6.45, 7) is 2.54. The van der Waals surface area contributed by atoms with E-state index in [-0.39, 0.29) is 12.5 Å². The summed E-state index contributed by atoms with van der Waals surface area (Å²) < 4.78 is 0. The van der Waals surface area contributed by atoms with Crippen molar-refractivity contribution in [2.45, 2.75) is 32.6 Å². The highest BCUT2D eigenvalue weighted by Gasteiger charge is 2.24. The second-order valence-electron chi connectivity index (χ2n) is 3.92. The molecule has 2 unspecified atom stereocenters. The lowest BCUT2D eigenvalue weighted by Gasteiger charge is -2.30. The summed E-state index contributed by atoms with van der Waals surface area (Å²) in [5.74, 6) is 0.922. The number of amides is 1. The number of aliphatic hydroxyl groups is 1. The van der Waals surface area contributed by atoms with Crippen LogP contribution >= 0.6 is 0 Å². The van der Waals surface area contributed by atoms with E-state index in [2.05, 4.69) is 5.32 Å². The highest BCUT2D eigenvalue weighted by molar-refractivity contribution is 5.72. The third kappa shape index (κ3) is 3.35. The lowest BCUT2D eigenvalue weighted by atomic mass is 9.79. The fraction of sp³-hybridized carbons (Fsp3) is 0.900. The van der Waals surface area contributed by atoms with Crippen molar-refractivity contribution in [3.8, 4) is 0 Å². The highest BCUT2D eigenvalue weighted by atomic mass is 16.3. The van der Waals surface area contributed by atoms with Crippen molar-refractivity contribution in [3.63, 3.8) is 0 Å². The lowest BCUT2D eigenvalue weighted by Crippen LogP contribution is -2.34. The molecule has 0 spiro atoms. The Morgan fingerprint density at radius 2 is 2.00 bits per heavy atom. The SMILES string of the molecule is CC(=O)NCC1CCCCC1CO. The number of aliphatic hydroxyl groups excluding tert-OH is 1. The minimum atomic E-state index is 0.0299. The van der Waals surface area contributed by atoms with Crippen LogP contribution in [0.5, 0.6) is 0 Å². The number of carbonyl (C=O) groups is 1. The molecular weight excluding hydrogens is 166 g/mol. The molecule has 0 aliphatic heterocycles. The van der Waals surface area contributed by atoms with Crippen molar-refractivity contribution in [3.05, 3.63) is 0 Å². The molecule has 1 aliphatic rings. The van der Waals surface area contributed by atoms with Gasteiger partial charge in [0.2, 0.25) is 5.91 Å². The smallest absolute Gasteiger partial charge is 0.216 e. The second kappa shape index (κ2) is 5.22. The monoisotopic (exact) mass is 185 g/mol. The Kier molecular flexibility index (Phi) is 4.22. The molecule has 0 aromatic carbocycles. The molecule has 2 atom stereocenters. The van der Waals surface area contributed by atoms with Crippen molar-refractivity contribution in [1.29, 1.82) is 0 Å². The van der Waals surface area contributed by atoms with Crippen molar-refractivity contribution in [2.75, 3.05) is 13.2 Å². The van der Waals surface area contributed by atoms with Gasteiger partial charge >= 0.3 is 0 Å². The van der Waals surface area contributed by atoms with E-state index in [4.69, 9.17) is 5.11 Å². The van der Waals surface area contributed by atoms with E-state index < -0.39 is 0 Å². The van der Waals surface area contributed by atoms with Crippen LogP contribution in [0.4, 0.5) is 0 Å². The van der Waals surface area contributed by atoms with Crippen LogP contribution in [0.1, 0.15) is 32.6 Å². The maximum absolute atomic E-state index is 10.7. The topological polar surface area (TPSA) is 49.3 Å². The van der Waals surface area contributed by atoms with Crippen LogP contribution in [0, 0.1) is 11.8 Å². The van der Waals surface area contributed by atoms with E-state index in [9.17, 15) is 4.79 Å². The Morgan fingerprint density at radius 1 is 1.38 bits per heavy atom. The molecule has 0 aromatic rings. The quantitative estimate of drug-likeness (QED) is 0.687. The van der Waals surface area contributed by atoms with Gasteiger partial charge in [-0.25, -0.2) is 0 Å². The molecule has 1 saturated carbocycles. The van der Waals surface area contributed by atoms with E-state index in [1.807, 2.05) is 0 Å². The molecule has 0 radical (unpaired) electrons. The summed E-state index contributed by atoms with van der Waals surface area (Å²) in [7, 11) is 0. The zero-order chi connectivity index (χ0) is 9.68. The molecule has 13 heavy (non-hydrogen) atoms. The molecule has 1 amide bonds. The van der Waals surface area contributed by atoms with Crippen molar-refractivity contribution >= 4 is 5.91 Å². The minimum absolute atomic E-state index is 0.0299. The van der Waals surface area contributed by atoms with Gasteiger partial charge in [-0.05, 0) is 24.7 Å². The fourth-order valence-electron chi connectivity index (χ4n) is 2.07. The van der Waals surface area contributed by atoms with Crippen molar-refractivity contribution < 1.29 is 9.90 Å². The fourth-order valence-corrected chi connectivity index (χ4v) is 2.07. The largest absolute Gasteiger partial charge is 0.396 e. The van der Waals surface area contributed by atoms with Gasteiger partial charge < -0.3 is 10.4 Å². The van der Waals surface area contributed by atoms with Crippen LogP contribution in [-0.4, -0.2) is 24.2 Å². The molecule has 76 valence electrons. The lowest BCUT2D eigenvalue weighted by molar-refractivity contribution is -0.119. The maximum atomic E-state index is 10.7. The molecular formula is C10H19NO2. The Labute approximate surface area is 79.5 Å². The van der Waals surface area contributed by atoms with Crippen molar-refractivity contribution in [2.24, 2.45) is 11.8 Å². The van der Waals surface area contributed by atoms with Gasteiger partial charge in [-0.1, -0.05) is 12.8 Å². The molecule has 3 heteroatoms. The van der Waals surface area contributed by atoms with Crippen LogP contribution < -0.4 is 5.32 Å². The van der Waals surface area contributed by atoms with Gasteiger partial charge in [0.15, 0.2) is 0 Å². The maximum Gasteiger partial charge on any atom is 0.216 e. The van der Waals surface area contributed by atoms with E-state index in [0.717, 1.165) is 19.4 Å².